The van der Waals surface area contributed by atoms with Crippen molar-refractivity contribution in [3.8, 4) is 0 Å². The lowest BCUT2D eigenvalue weighted by molar-refractivity contribution is 0.513. The summed E-state index contributed by atoms with van der Waals surface area (Å²) < 4.78 is 0. The first-order valence-corrected chi connectivity index (χ1v) is 7.71. The minimum Gasteiger partial charge on any atom is -0.369 e. The van der Waals surface area contributed by atoms with Gasteiger partial charge in [-0.15, -0.1) is 0 Å². The summed E-state index contributed by atoms with van der Waals surface area (Å²) >= 11 is 5.20. The molecule has 0 aliphatic rings. The number of anilines is 1. The van der Waals surface area contributed by atoms with Gasteiger partial charge in [-0.3, -0.25) is 0 Å². The molecular formula is C16H26N4S. The smallest absolute Gasteiger partial charge is 0.200 e. The number of thiocarbonyl (C=S) groups is 1. The predicted octanol–water partition coefficient (Wildman–Crippen LogP) is 3.21. The van der Waals surface area contributed by atoms with Crippen molar-refractivity contribution in [3.63, 3.8) is 0 Å². The maximum atomic E-state index is 5.98. The van der Waals surface area contributed by atoms with E-state index in [0.29, 0.717) is 11.1 Å². The third-order valence-corrected chi connectivity index (χ3v) is 3.15. The van der Waals surface area contributed by atoms with Crippen LogP contribution in [0.1, 0.15) is 45.7 Å². The molecule has 5 heteroatoms. The van der Waals surface area contributed by atoms with Gasteiger partial charge in [-0.1, -0.05) is 32.0 Å². The molecule has 0 heterocycles. The van der Waals surface area contributed by atoms with Gasteiger partial charge in [-0.2, -0.15) is 4.99 Å². The average Bonchev–Trinajstić information content (AvgIpc) is 2.36. The molecular weight excluding hydrogens is 280 g/mol. The van der Waals surface area contributed by atoms with Crippen molar-refractivity contribution in [2.24, 2.45) is 10.7 Å². The molecule has 116 valence electrons. The fraction of sp³-hybridized carbons (Fsp3) is 0.500. The molecule has 0 amide bonds. The fourth-order valence-electron chi connectivity index (χ4n) is 2.02. The van der Waals surface area contributed by atoms with Crippen molar-refractivity contribution < 1.29 is 0 Å². The van der Waals surface area contributed by atoms with E-state index in [1.165, 1.54) is 11.1 Å². The van der Waals surface area contributed by atoms with Crippen molar-refractivity contribution in [1.82, 2.24) is 5.32 Å². The Morgan fingerprint density at radius 2 is 1.71 bits per heavy atom. The predicted molar refractivity (Wildman–Crippen MR) is 95.9 cm³/mol. The largest absolute Gasteiger partial charge is 0.369 e. The highest BCUT2D eigenvalue weighted by Gasteiger charge is 2.11. The van der Waals surface area contributed by atoms with Gasteiger partial charge in [-0.05, 0) is 57.0 Å². The number of para-hydroxylation sites is 1. The van der Waals surface area contributed by atoms with Gasteiger partial charge in [0.05, 0.1) is 0 Å². The number of hydrogen-bond donors (Lipinski definition) is 3. The fourth-order valence-corrected chi connectivity index (χ4v) is 2.42. The monoisotopic (exact) mass is 306 g/mol. The Morgan fingerprint density at radius 3 is 2.14 bits per heavy atom. The van der Waals surface area contributed by atoms with Crippen LogP contribution in [-0.2, 0) is 12.8 Å². The molecule has 0 saturated heterocycles. The van der Waals surface area contributed by atoms with E-state index in [9.17, 15) is 0 Å². The van der Waals surface area contributed by atoms with Crippen molar-refractivity contribution in [3.05, 3.63) is 29.3 Å². The maximum absolute atomic E-state index is 5.98. The number of rotatable bonds is 3. The second-order valence-corrected chi connectivity index (χ2v) is 6.35. The Balaban J connectivity index is 2.92. The SMILES string of the molecule is CCc1cccc(CC)c1NC(N)=NC(=S)NC(C)(C)C. The van der Waals surface area contributed by atoms with Crippen LogP contribution in [0.3, 0.4) is 0 Å². The van der Waals surface area contributed by atoms with Crippen LogP contribution >= 0.6 is 12.2 Å². The van der Waals surface area contributed by atoms with E-state index in [-0.39, 0.29) is 5.54 Å². The van der Waals surface area contributed by atoms with Gasteiger partial charge in [0, 0.05) is 11.2 Å². The second-order valence-electron chi connectivity index (χ2n) is 5.96. The van der Waals surface area contributed by atoms with Crippen molar-refractivity contribution in [2.45, 2.75) is 53.0 Å². The molecule has 0 spiro atoms. The Hall–Kier alpha value is -1.62. The third kappa shape index (κ3) is 5.71. The normalized spacial score (nSPS) is 12.1. The Bertz CT molecular complexity index is 507. The van der Waals surface area contributed by atoms with Gasteiger partial charge in [0.2, 0.25) is 5.96 Å². The summed E-state index contributed by atoms with van der Waals surface area (Å²) in [7, 11) is 0. The summed E-state index contributed by atoms with van der Waals surface area (Å²) in [5.74, 6) is 0.312. The van der Waals surface area contributed by atoms with Gasteiger partial charge in [0.25, 0.3) is 0 Å². The number of hydrogen-bond acceptors (Lipinski definition) is 1. The van der Waals surface area contributed by atoms with Crippen molar-refractivity contribution >= 4 is 29.0 Å². The van der Waals surface area contributed by atoms with E-state index in [2.05, 4.69) is 47.7 Å². The van der Waals surface area contributed by atoms with Crippen LogP contribution in [0.5, 0.6) is 0 Å². The van der Waals surface area contributed by atoms with E-state index in [0.717, 1.165) is 18.5 Å². The Labute approximate surface area is 133 Å². The van der Waals surface area contributed by atoms with Gasteiger partial charge >= 0.3 is 0 Å². The highest BCUT2D eigenvalue weighted by molar-refractivity contribution is 7.80. The number of guanidine groups is 1. The highest BCUT2D eigenvalue weighted by atomic mass is 32.1. The highest BCUT2D eigenvalue weighted by Crippen LogP contribution is 2.22. The molecule has 0 aliphatic carbocycles. The minimum absolute atomic E-state index is 0.128. The van der Waals surface area contributed by atoms with E-state index < -0.39 is 0 Å². The molecule has 21 heavy (non-hydrogen) atoms. The van der Waals surface area contributed by atoms with Crippen LogP contribution in [0, 0.1) is 0 Å². The molecule has 4 nitrogen and oxygen atoms in total. The zero-order chi connectivity index (χ0) is 16.0. The minimum atomic E-state index is -0.128. The lowest BCUT2D eigenvalue weighted by Crippen LogP contribution is -2.40. The zero-order valence-corrected chi connectivity index (χ0v) is 14.4. The molecule has 0 radical (unpaired) electrons. The zero-order valence-electron chi connectivity index (χ0n) is 13.6. The molecule has 1 rings (SSSR count). The van der Waals surface area contributed by atoms with Gasteiger partial charge in [-0.25, -0.2) is 0 Å². The molecule has 0 aromatic heterocycles. The maximum Gasteiger partial charge on any atom is 0.200 e. The molecule has 0 unspecified atom stereocenters. The number of aryl methyl sites for hydroxylation is 2. The lowest BCUT2D eigenvalue weighted by Gasteiger charge is -2.21. The van der Waals surface area contributed by atoms with Gasteiger partial charge in [0.15, 0.2) is 5.11 Å². The van der Waals surface area contributed by atoms with Crippen LogP contribution in [0.4, 0.5) is 5.69 Å². The Kier molecular flexibility index (Phi) is 6.15. The van der Waals surface area contributed by atoms with E-state index in [1.807, 2.05) is 20.8 Å². The summed E-state index contributed by atoms with van der Waals surface area (Å²) in [6.45, 7) is 10.3. The second kappa shape index (κ2) is 7.41. The number of aliphatic imine (C=N–C) groups is 1. The Morgan fingerprint density at radius 1 is 1.19 bits per heavy atom. The molecule has 1 aromatic carbocycles. The summed E-state index contributed by atoms with van der Waals surface area (Å²) in [6.07, 6.45) is 1.88. The molecule has 0 saturated carbocycles. The summed E-state index contributed by atoms with van der Waals surface area (Å²) in [4.78, 5) is 4.21. The van der Waals surface area contributed by atoms with Crippen LogP contribution in [-0.4, -0.2) is 16.6 Å². The van der Waals surface area contributed by atoms with E-state index >= 15 is 0 Å². The van der Waals surface area contributed by atoms with Gasteiger partial charge in [0.1, 0.15) is 0 Å². The van der Waals surface area contributed by atoms with Crippen LogP contribution < -0.4 is 16.4 Å². The average molecular weight is 306 g/mol. The van der Waals surface area contributed by atoms with Crippen molar-refractivity contribution in [2.75, 3.05) is 5.32 Å². The van der Waals surface area contributed by atoms with E-state index in [4.69, 9.17) is 18.0 Å². The van der Waals surface area contributed by atoms with Gasteiger partial charge < -0.3 is 16.4 Å². The number of nitrogens with zero attached hydrogens (tertiary/aromatic N) is 1. The summed E-state index contributed by atoms with van der Waals surface area (Å²) in [6, 6.07) is 6.27. The molecule has 4 N–H and O–H groups in total. The van der Waals surface area contributed by atoms with Crippen LogP contribution in [0.15, 0.2) is 23.2 Å². The first-order valence-electron chi connectivity index (χ1n) is 7.31. The molecule has 0 atom stereocenters. The molecule has 0 fully saturated rings. The molecule has 0 bridgehead atoms. The number of benzene rings is 1. The van der Waals surface area contributed by atoms with E-state index in [1.54, 1.807) is 0 Å². The van der Waals surface area contributed by atoms with Crippen molar-refractivity contribution in [1.29, 1.82) is 0 Å². The lowest BCUT2D eigenvalue weighted by atomic mass is 10.0. The quantitative estimate of drug-likeness (QED) is 0.456. The summed E-state index contributed by atoms with van der Waals surface area (Å²) in [5.41, 5.74) is 9.35. The first kappa shape index (κ1) is 17.4. The summed E-state index contributed by atoms with van der Waals surface area (Å²) in [5, 5.41) is 6.70. The number of nitrogens with two attached hydrogens (primary N) is 1. The molecule has 0 aliphatic heterocycles. The van der Waals surface area contributed by atoms with Crippen LogP contribution in [0.25, 0.3) is 0 Å². The standard InChI is InChI=1S/C16H26N4S/c1-6-11-9-8-10-12(7-2)13(11)18-14(17)19-15(21)20-16(3,4)5/h8-10H,6-7H2,1-5H3,(H4,17,18,19,20,21). The topological polar surface area (TPSA) is 62.4 Å². The van der Waals surface area contributed by atoms with Crippen LogP contribution in [0.2, 0.25) is 0 Å². The third-order valence-electron chi connectivity index (χ3n) is 2.96. The molecule has 1 aromatic rings. The number of nitrogens with one attached hydrogen (secondary N) is 2. The first-order chi connectivity index (χ1) is 9.76.